The van der Waals surface area contributed by atoms with Crippen molar-refractivity contribution in [3.05, 3.63) is 84.6 Å². The molecule has 4 rings (SSSR count). The number of phenols is 1. The summed E-state index contributed by atoms with van der Waals surface area (Å²) in [5, 5.41) is 11.1. The van der Waals surface area contributed by atoms with E-state index in [1.54, 1.807) is 32.2 Å². The maximum Gasteiger partial charge on any atom is 0.156 e. The van der Waals surface area contributed by atoms with Crippen molar-refractivity contribution in [1.82, 2.24) is 4.98 Å². The summed E-state index contributed by atoms with van der Waals surface area (Å²) in [7, 11) is -3.33. The van der Waals surface area contributed by atoms with Crippen molar-refractivity contribution in [3.8, 4) is 28.0 Å². The van der Waals surface area contributed by atoms with Crippen molar-refractivity contribution in [3.63, 3.8) is 0 Å². The highest BCUT2D eigenvalue weighted by molar-refractivity contribution is 7.91. The third kappa shape index (κ3) is 3.46. The van der Waals surface area contributed by atoms with Gasteiger partial charge in [0, 0.05) is 29.0 Å². The minimum absolute atomic E-state index is 0.213. The third-order valence-electron chi connectivity index (χ3n) is 5.72. The van der Waals surface area contributed by atoms with Crippen LogP contribution in [0.4, 0.5) is 0 Å². The largest absolute Gasteiger partial charge is 0.507 e. The number of para-hydroxylation sites is 1. The number of aromatic nitrogens is 1. The van der Waals surface area contributed by atoms with Gasteiger partial charge in [-0.2, -0.15) is 0 Å². The Morgan fingerprint density at radius 1 is 0.833 bits per heavy atom. The predicted molar refractivity (Wildman–Crippen MR) is 122 cm³/mol. The Morgan fingerprint density at radius 3 is 2.23 bits per heavy atom. The molecule has 0 aliphatic rings. The van der Waals surface area contributed by atoms with Crippen LogP contribution in [0.5, 0.6) is 5.75 Å². The van der Waals surface area contributed by atoms with Gasteiger partial charge in [0.05, 0.1) is 10.3 Å². The molecular formula is C25H23NO3S. The number of fused-ring (bicyclic) bond motifs is 1. The summed E-state index contributed by atoms with van der Waals surface area (Å²) in [5.41, 5.74) is 4.91. The minimum Gasteiger partial charge on any atom is -0.507 e. The van der Waals surface area contributed by atoms with E-state index >= 15 is 0 Å². The molecule has 0 atom stereocenters. The van der Waals surface area contributed by atoms with E-state index in [-0.39, 0.29) is 5.75 Å². The molecule has 0 saturated heterocycles. The first-order chi connectivity index (χ1) is 14.2. The zero-order valence-corrected chi connectivity index (χ0v) is 17.9. The van der Waals surface area contributed by atoms with Gasteiger partial charge in [-0.15, -0.1) is 0 Å². The zero-order chi connectivity index (χ0) is 21.5. The molecule has 0 spiro atoms. The number of hydrogen-bond donors (Lipinski definition) is 1. The van der Waals surface area contributed by atoms with Crippen LogP contribution in [0.2, 0.25) is 0 Å². The lowest BCUT2D eigenvalue weighted by molar-refractivity contribution is 0.477. The first-order valence-corrected chi connectivity index (χ1v) is 11.6. The summed E-state index contributed by atoms with van der Waals surface area (Å²) < 4.78 is 23.9. The van der Waals surface area contributed by atoms with Gasteiger partial charge in [-0.25, -0.2) is 8.42 Å². The van der Waals surface area contributed by atoms with Gasteiger partial charge in [0.2, 0.25) is 0 Å². The number of benzene rings is 3. The molecule has 3 aromatic carbocycles. The molecule has 0 aliphatic carbocycles. The van der Waals surface area contributed by atoms with Gasteiger partial charge >= 0.3 is 0 Å². The molecule has 0 saturated carbocycles. The Hall–Kier alpha value is -3.18. The molecule has 1 N–H and O–H groups in total. The summed E-state index contributed by atoms with van der Waals surface area (Å²) in [6.45, 7) is 3.45. The lowest BCUT2D eigenvalue weighted by Gasteiger charge is -2.24. The van der Waals surface area contributed by atoms with Crippen LogP contribution in [0.3, 0.4) is 0 Å². The number of sulfone groups is 1. The summed E-state index contributed by atoms with van der Waals surface area (Å²) in [5.74, 6) is 0.213. The first kappa shape index (κ1) is 20.1. The normalized spacial score (nSPS) is 12.2. The van der Waals surface area contributed by atoms with Gasteiger partial charge in [0.25, 0.3) is 0 Å². The number of aromatic hydroxyl groups is 1. The minimum atomic E-state index is -3.33. The van der Waals surface area contributed by atoms with Crippen LogP contribution in [0, 0.1) is 0 Å². The van der Waals surface area contributed by atoms with E-state index in [2.05, 4.69) is 4.98 Å². The quantitative estimate of drug-likeness (QED) is 0.472. The molecule has 0 amide bonds. The van der Waals surface area contributed by atoms with E-state index in [0.29, 0.717) is 5.56 Å². The zero-order valence-electron chi connectivity index (χ0n) is 17.1. The van der Waals surface area contributed by atoms with Crippen molar-refractivity contribution in [2.24, 2.45) is 0 Å². The Bertz CT molecular complexity index is 1360. The Morgan fingerprint density at radius 2 is 1.53 bits per heavy atom. The Labute approximate surface area is 176 Å². The predicted octanol–water partition coefficient (Wildman–Crippen LogP) is 5.55. The summed E-state index contributed by atoms with van der Waals surface area (Å²) in [4.78, 5) is 4.56. The van der Waals surface area contributed by atoms with Crippen molar-refractivity contribution < 1.29 is 13.5 Å². The lowest BCUT2D eigenvalue weighted by atomic mass is 9.92. The molecule has 4 nitrogen and oxygen atoms in total. The SMILES string of the molecule is CC(C)(c1cc(-c2cccc(-c3ccccc3O)c2)c2ncccc2c1)S(C)(=O)=O. The number of hydrogen-bond acceptors (Lipinski definition) is 4. The van der Waals surface area contributed by atoms with E-state index in [4.69, 9.17) is 0 Å². The highest BCUT2D eigenvalue weighted by Gasteiger charge is 2.33. The molecule has 0 unspecified atom stereocenters. The standard InChI is InChI=1S/C25H23NO3S/c1-25(2,30(3,28)29)20-15-19-10-7-13-26-24(19)22(16-20)18-9-6-8-17(14-18)21-11-4-5-12-23(21)27/h4-16,27H,1-3H3. The van der Waals surface area contributed by atoms with Crippen LogP contribution >= 0.6 is 0 Å². The van der Waals surface area contributed by atoms with Crippen LogP contribution in [0.25, 0.3) is 33.2 Å². The van der Waals surface area contributed by atoms with Gasteiger partial charge < -0.3 is 5.11 Å². The second-order valence-corrected chi connectivity index (χ2v) is 10.5. The van der Waals surface area contributed by atoms with Crippen LogP contribution in [0.15, 0.2) is 79.0 Å². The average Bonchev–Trinajstić information content (AvgIpc) is 2.72. The summed E-state index contributed by atoms with van der Waals surface area (Å²) in [6, 6.07) is 22.7. The van der Waals surface area contributed by atoms with Crippen LogP contribution < -0.4 is 0 Å². The summed E-state index contributed by atoms with van der Waals surface area (Å²) >= 11 is 0. The van der Waals surface area contributed by atoms with Crippen molar-refractivity contribution >= 4 is 20.7 Å². The summed E-state index contributed by atoms with van der Waals surface area (Å²) in [6.07, 6.45) is 3.00. The molecule has 0 aliphatic heterocycles. The van der Waals surface area contributed by atoms with Gasteiger partial charge in [-0.05, 0) is 60.9 Å². The number of pyridine rings is 1. The Balaban J connectivity index is 1.98. The molecule has 0 radical (unpaired) electrons. The van der Waals surface area contributed by atoms with Gasteiger partial charge in [-0.1, -0.05) is 42.5 Å². The third-order valence-corrected chi connectivity index (χ3v) is 7.81. The molecular weight excluding hydrogens is 394 g/mol. The topological polar surface area (TPSA) is 67.3 Å². The number of rotatable bonds is 4. The maximum absolute atomic E-state index is 12.5. The van der Waals surface area contributed by atoms with Crippen LogP contribution in [0.1, 0.15) is 19.4 Å². The van der Waals surface area contributed by atoms with Gasteiger partial charge in [0.15, 0.2) is 9.84 Å². The highest BCUT2D eigenvalue weighted by Crippen LogP contribution is 2.38. The molecule has 30 heavy (non-hydrogen) atoms. The van der Waals surface area contributed by atoms with Crippen molar-refractivity contribution in [2.45, 2.75) is 18.6 Å². The second-order valence-electron chi connectivity index (χ2n) is 7.98. The fourth-order valence-corrected chi connectivity index (χ4v) is 4.09. The van der Waals surface area contributed by atoms with E-state index < -0.39 is 14.6 Å². The first-order valence-electron chi connectivity index (χ1n) is 9.66. The Kier molecular flexibility index (Phi) is 4.86. The molecule has 1 heterocycles. The highest BCUT2D eigenvalue weighted by atomic mass is 32.2. The molecule has 5 heteroatoms. The average molecular weight is 418 g/mol. The van der Waals surface area contributed by atoms with E-state index in [0.717, 1.165) is 33.2 Å². The maximum atomic E-state index is 12.5. The van der Waals surface area contributed by atoms with E-state index in [1.807, 2.05) is 60.7 Å². The fraction of sp³-hybridized carbons (Fsp3) is 0.160. The van der Waals surface area contributed by atoms with E-state index in [1.165, 1.54) is 6.26 Å². The monoisotopic (exact) mass is 417 g/mol. The second kappa shape index (κ2) is 7.26. The molecule has 4 aromatic rings. The van der Waals surface area contributed by atoms with Crippen molar-refractivity contribution in [1.29, 1.82) is 0 Å². The number of phenolic OH excluding ortho intramolecular Hbond substituents is 1. The molecule has 0 fully saturated rings. The fourth-order valence-electron chi connectivity index (χ4n) is 3.55. The van der Waals surface area contributed by atoms with Crippen LogP contribution in [-0.2, 0) is 14.6 Å². The van der Waals surface area contributed by atoms with Gasteiger partial charge in [-0.3, -0.25) is 4.98 Å². The van der Waals surface area contributed by atoms with Crippen LogP contribution in [-0.4, -0.2) is 24.8 Å². The van der Waals surface area contributed by atoms with E-state index in [9.17, 15) is 13.5 Å². The smallest absolute Gasteiger partial charge is 0.156 e. The lowest BCUT2D eigenvalue weighted by Crippen LogP contribution is -2.28. The molecule has 1 aromatic heterocycles. The van der Waals surface area contributed by atoms with Gasteiger partial charge in [0.1, 0.15) is 5.75 Å². The number of nitrogens with zero attached hydrogens (tertiary/aromatic N) is 1. The van der Waals surface area contributed by atoms with Crippen molar-refractivity contribution in [2.75, 3.05) is 6.26 Å². The molecule has 152 valence electrons. The molecule has 0 bridgehead atoms.